The third-order valence-electron chi connectivity index (χ3n) is 3.55. The van der Waals surface area contributed by atoms with Gasteiger partial charge in [-0.1, -0.05) is 0 Å². The molecule has 72 valence electrons. The molecule has 1 heterocycles. The van der Waals surface area contributed by atoms with E-state index in [1.165, 1.54) is 12.8 Å². The molecule has 0 aromatic heterocycles. The summed E-state index contributed by atoms with van der Waals surface area (Å²) in [5, 5.41) is 9.01. The van der Waals surface area contributed by atoms with Gasteiger partial charge in [0.05, 0.1) is 12.0 Å². The minimum absolute atomic E-state index is 0.246. The molecule has 2 unspecified atom stereocenters. The molecule has 0 N–H and O–H groups in total. The van der Waals surface area contributed by atoms with E-state index in [0.29, 0.717) is 6.04 Å². The van der Waals surface area contributed by atoms with Crippen molar-refractivity contribution in [3.8, 4) is 6.07 Å². The summed E-state index contributed by atoms with van der Waals surface area (Å²) in [7, 11) is 0. The quantitative estimate of drug-likeness (QED) is 0.615. The molecule has 1 saturated heterocycles. The van der Waals surface area contributed by atoms with E-state index in [-0.39, 0.29) is 11.5 Å². The van der Waals surface area contributed by atoms with E-state index in [2.05, 4.69) is 31.7 Å². The summed E-state index contributed by atoms with van der Waals surface area (Å²) in [4.78, 5) is 2.57. The zero-order chi connectivity index (χ0) is 9.64. The first kappa shape index (κ1) is 9.02. The Hall–Kier alpha value is -0.550. The molecule has 0 radical (unpaired) electrons. The smallest absolute Gasteiger partial charge is 0.0672 e. The second-order valence-electron chi connectivity index (χ2n) is 5.13. The summed E-state index contributed by atoms with van der Waals surface area (Å²) in [6.07, 6.45) is 3.72. The van der Waals surface area contributed by atoms with Gasteiger partial charge in [-0.2, -0.15) is 5.26 Å². The minimum Gasteiger partial charge on any atom is -0.291 e. The van der Waals surface area contributed by atoms with Crippen LogP contribution in [0.3, 0.4) is 0 Å². The van der Waals surface area contributed by atoms with Crippen molar-refractivity contribution in [1.82, 2.24) is 4.90 Å². The molecular formula is C11H18N2. The van der Waals surface area contributed by atoms with E-state index in [4.69, 9.17) is 5.26 Å². The fourth-order valence-electron chi connectivity index (χ4n) is 2.89. The van der Waals surface area contributed by atoms with Gasteiger partial charge in [-0.15, -0.1) is 0 Å². The van der Waals surface area contributed by atoms with E-state index < -0.39 is 0 Å². The first-order chi connectivity index (χ1) is 6.06. The third kappa shape index (κ3) is 1.36. The second kappa shape index (κ2) is 2.72. The molecule has 0 aromatic rings. The van der Waals surface area contributed by atoms with Crippen molar-refractivity contribution in [3.63, 3.8) is 0 Å². The van der Waals surface area contributed by atoms with Gasteiger partial charge >= 0.3 is 0 Å². The van der Waals surface area contributed by atoms with E-state index in [1.54, 1.807) is 0 Å². The zero-order valence-electron chi connectivity index (χ0n) is 8.75. The van der Waals surface area contributed by atoms with Gasteiger partial charge in [0, 0.05) is 17.6 Å². The van der Waals surface area contributed by atoms with Crippen LogP contribution in [0.2, 0.25) is 0 Å². The lowest BCUT2D eigenvalue weighted by Gasteiger charge is -2.34. The zero-order valence-corrected chi connectivity index (χ0v) is 8.75. The van der Waals surface area contributed by atoms with Crippen LogP contribution >= 0.6 is 0 Å². The average Bonchev–Trinajstić information content (AvgIpc) is 2.80. The summed E-state index contributed by atoms with van der Waals surface area (Å²) >= 11 is 0. The molecule has 2 nitrogen and oxygen atoms in total. The number of likely N-dealkylation sites (tertiary alicyclic amines) is 1. The van der Waals surface area contributed by atoms with Crippen LogP contribution in [0.5, 0.6) is 0 Å². The molecule has 0 aromatic carbocycles. The molecule has 2 fully saturated rings. The Kier molecular flexibility index (Phi) is 1.89. The van der Waals surface area contributed by atoms with E-state index in [0.717, 1.165) is 12.5 Å². The summed E-state index contributed by atoms with van der Waals surface area (Å²) in [5.74, 6) is 0.246. The molecule has 0 bridgehead atoms. The van der Waals surface area contributed by atoms with Gasteiger partial charge in [-0.05, 0) is 40.0 Å². The highest BCUT2D eigenvalue weighted by Crippen LogP contribution is 2.44. The van der Waals surface area contributed by atoms with Crippen LogP contribution in [0.1, 0.15) is 40.0 Å². The molecule has 2 aliphatic rings. The fraction of sp³-hybridized carbons (Fsp3) is 0.909. The van der Waals surface area contributed by atoms with Crippen molar-refractivity contribution in [2.75, 3.05) is 0 Å². The highest BCUT2D eigenvalue weighted by Gasteiger charge is 2.49. The predicted molar refractivity (Wildman–Crippen MR) is 52.1 cm³/mol. The van der Waals surface area contributed by atoms with Crippen molar-refractivity contribution in [1.29, 1.82) is 5.26 Å². The maximum atomic E-state index is 9.01. The van der Waals surface area contributed by atoms with Crippen molar-refractivity contribution in [2.45, 2.75) is 57.7 Å². The molecule has 0 amide bonds. The van der Waals surface area contributed by atoms with E-state index in [1.807, 2.05) is 0 Å². The summed E-state index contributed by atoms with van der Waals surface area (Å²) in [5.41, 5.74) is 0.251. The van der Waals surface area contributed by atoms with Crippen molar-refractivity contribution >= 4 is 0 Å². The summed E-state index contributed by atoms with van der Waals surface area (Å²) < 4.78 is 0. The molecule has 0 spiro atoms. The first-order valence-electron chi connectivity index (χ1n) is 5.24. The lowest BCUT2D eigenvalue weighted by Crippen LogP contribution is -2.43. The minimum atomic E-state index is 0.246. The molecule has 2 heteroatoms. The highest BCUT2D eigenvalue weighted by atomic mass is 15.3. The van der Waals surface area contributed by atoms with Crippen LogP contribution in [0, 0.1) is 17.2 Å². The Bertz CT molecular complexity index is 247. The average molecular weight is 178 g/mol. The van der Waals surface area contributed by atoms with Crippen LogP contribution in [-0.4, -0.2) is 22.5 Å². The van der Waals surface area contributed by atoms with Crippen LogP contribution in [0.25, 0.3) is 0 Å². The van der Waals surface area contributed by atoms with Gasteiger partial charge in [0.2, 0.25) is 0 Å². The van der Waals surface area contributed by atoms with E-state index >= 15 is 0 Å². The number of hydrogen-bond donors (Lipinski definition) is 0. The van der Waals surface area contributed by atoms with Gasteiger partial charge in [-0.25, -0.2) is 0 Å². The Labute approximate surface area is 80.5 Å². The predicted octanol–water partition coefficient (Wildman–Crippen LogP) is 2.16. The number of nitriles is 1. The summed E-state index contributed by atoms with van der Waals surface area (Å²) in [6, 6.07) is 3.69. The molecular weight excluding hydrogens is 160 g/mol. The molecule has 1 aliphatic heterocycles. The SMILES string of the molecule is CC1C(C#N)CC(C)(C)N1C1CC1. The second-order valence-corrected chi connectivity index (χ2v) is 5.13. The lowest BCUT2D eigenvalue weighted by atomic mass is 9.96. The lowest BCUT2D eigenvalue weighted by molar-refractivity contribution is 0.124. The molecule has 1 aliphatic carbocycles. The summed E-state index contributed by atoms with van der Waals surface area (Å²) in [6.45, 7) is 6.76. The molecule has 1 saturated carbocycles. The topological polar surface area (TPSA) is 27.0 Å². The molecule has 2 rings (SSSR count). The highest BCUT2D eigenvalue weighted by molar-refractivity contribution is 5.09. The largest absolute Gasteiger partial charge is 0.291 e. The van der Waals surface area contributed by atoms with Crippen molar-refractivity contribution in [2.24, 2.45) is 5.92 Å². The maximum absolute atomic E-state index is 9.01. The van der Waals surface area contributed by atoms with Crippen LogP contribution < -0.4 is 0 Å². The maximum Gasteiger partial charge on any atom is 0.0672 e. The number of rotatable bonds is 1. The Morgan fingerprint density at radius 2 is 2.00 bits per heavy atom. The van der Waals surface area contributed by atoms with Crippen LogP contribution in [0.15, 0.2) is 0 Å². The van der Waals surface area contributed by atoms with Crippen molar-refractivity contribution < 1.29 is 0 Å². The normalized spacial score (nSPS) is 38.9. The number of hydrogen-bond acceptors (Lipinski definition) is 2. The van der Waals surface area contributed by atoms with E-state index in [9.17, 15) is 0 Å². The van der Waals surface area contributed by atoms with Gasteiger partial charge in [0.15, 0.2) is 0 Å². The Morgan fingerprint density at radius 1 is 1.38 bits per heavy atom. The van der Waals surface area contributed by atoms with Crippen LogP contribution in [-0.2, 0) is 0 Å². The first-order valence-corrected chi connectivity index (χ1v) is 5.24. The third-order valence-corrected chi connectivity index (χ3v) is 3.55. The monoisotopic (exact) mass is 178 g/mol. The van der Waals surface area contributed by atoms with Crippen molar-refractivity contribution in [3.05, 3.63) is 0 Å². The molecule has 2 atom stereocenters. The molecule has 13 heavy (non-hydrogen) atoms. The van der Waals surface area contributed by atoms with Gasteiger partial charge in [0.25, 0.3) is 0 Å². The standard InChI is InChI=1S/C11H18N2/c1-8-9(7-12)6-11(2,3)13(8)10-4-5-10/h8-10H,4-6H2,1-3H3. The number of nitrogens with zero attached hydrogens (tertiary/aromatic N) is 2. The Morgan fingerprint density at radius 3 is 2.38 bits per heavy atom. The fourth-order valence-corrected chi connectivity index (χ4v) is 2.89. The van der Waals surface area contributed by atoms with Crippen LogP contribution in [0.4, 0.5) is 0 Å². The van der Waals surface area contributed by atoms with Gasteiger partial charge in [-0.3, -0.25) is 4.90 Å². The Balaban J connectivity index is 2.19. The van der Waals surface area contributed by atoms with Gasteiger partial charge < -0.3 is 0 Å². The van der Waals surface area contributed by atoms with Gasteiger partial charge in [0.1, 0.15) is 0 Å².